The molecule has 1 aromatic carbocycles. The van der Waals surface area contributed by atoms with Gasteiger partial charge in [-0.25, -0.2) is 4.39 Å². The van der Waals surface area contributed by atoms with Gasteiger partial charge in [-0.1, -0.05) is 6.07 Å². The second-order valence-corrected chi connectivity index (χ2v) is 4.41. The lowest BCUT2D eigenvalue weighted by atomic mass is 10.1. The Bertz CT molecular complexity index is 437. The summed E-state index contributed by atoms with van der Waals surface area (Å²) in [5.41, 5.74) is 7.19. The van der Waals surface area contributed by atoms with Crippen LogP contribution in [0.25, 0.3) is 0 Å². The fourth-order valence-corrected chi connectivity index (χ4v) is 2.28. The molecule has 98 valence electrons. The minimum Gasteiger partial charge on any atom is -0.370 e. The molecule has 1 aromatic rings. The molecule has 5 heteroatoms. The SMILES string of the molecule is NC(=O)COCCNC1CCc2cc(F)ccc21. The van der Waals surface area contributed by atoms with Crippen LogP contribution in [0.15, 0.2) is 18.2 Å². The van der Waals surface area contributed by atoms with E-state index in [2.05, 4.69) is 5.32 Å². The number of aryl methyl sites for hydroxylation is 1. The number of ether oxygens (including phenoxy) is 1. The maximum atomic E-state index is 13.0. The number of carbonyl (C=O) groups excluding carboxylic acids is 1. The van der Waals surface area contributed by atoms with E-state index in [9.17, 15) is 9.18 Å². The van der Waals surface area contributed by atoms with E-state index in [4.69, 9.17) is 10.5 Å². The van der Waals surface area contributed by atoms with Crippen LogP contribution >= 0.6 is 0 Å². The number of benzene rings is 1. The van der Waals surface area contributed by atoms with Crippen molar-refractivity contribution in [2.75, 3.05) is 19.8 Å². The Morgan fingerprint density at radius 2 is 2.39 bits per heavy atom. The minimum atomic E-state index is -0.461. The zero-order valence-corrected chi connectivity index (χ0v) is 10.1. The molecule has 1 aliphatic carbocycles. The first-order valence-electron chi connectivity index (χ1n) is 6.04. The van der Waals surface area contributed by atoms with Crippen LogP contribution < -0.4 is 11.1 Å². The van der Waals surface area contributed by atoms with Crippen molar-refractivity contribution in [3.05, 3.63) is 35.1 Å². The molecule has 18 heavy (non-hydrogen) atoms. The molecule has 1 aliphatic rings. The van der Waals surface area contributed by atoms with Crippen molar-refractivity contribution < 1.29 is 13.9 Å². The number of hydrogen-bond donors (Lipinski definition) is 2. The van der Waals surface area contributed by atoms with Gasteiger partial charge in [0, 0.05) is 12.6 Å². The summed E-state index contributed by atoms with van der Waals surface area (Å²) in [6.07, 6.45) is 1.86. The third kappa shape index (κ3) is 3.27. The van der Waals surface area contributed by atoms with E-state index in [1.165, 1.54) is 6.07 Å². The number of carbonyl (C=O) groups is 1. The highest BCUT2D eigenvalue weighted by atomic mass is 19.1. The van der Waals surface area contributed by atoms with Crippen LogP contribution in [-0.2, 0) is 16.0 Å². The van der Waals surface area contributed by atoms with Crippen LogP contribution in [0.1, 0.15) is 23.6 Å². The maximum absolute atomic E-state index is 13.0. The van der Waals surface area contributed by atoms with E-state index in [0.29, 0.717) is 13.2 Å². The number of primary amides is 1. The third-order valence-electron chi connectivity index (χ3n) is 3.06. The Morgan fingerprint density at radius 1 is 1.56 bits per heavy atom. The average Bonchev–Trinajstić information content (AvgIpc) is 2.70. The molecule has 0 spiro atoms. The van der Waals surface area contributed by atoms with Gasteiger partial charge in [-0.2, -0.15) is 0 Å². The lowest BCUT2D eigenvalue weighted by Crippen LogP contribution is -2.26. The molecule has 3 N–H and O–H groups in total. The molecule has 0 aliphatic heterocycles. The summed E-state index contributed by atoms with van der Waals surface area (Å²) in [7, 11) is 0. The van der Waals surface area contributed by atoms with Gasteiger partial charge in [0.15, 0.2) is 0 Å². The lowest BCUT2D eigenvalue weighted by molar-refractivity contribution is -0.122. The van der Waals surface area contributed by atoms with Crippen molar-refractivity contribution in [1.29, 1.82) is 0 Å². The summed E-state index contributed by atoms with van der Waals surface area (Å²) in [4.78, 5) is 10.5. The summed E-state index contributed by atoms with van der Waals surface area (Å²) >= 11 is 0. The minimum absolute atomic E-state index is 0.0475. The van der Waals surface area contributed by atoms with E-state index in [0.717, 1.165) is 24.0 Å². The van der Waals surface area contributed by atoms with Crippen LogP contribution in [0.2, 0.25) is 0 Å². The topological polar surface area (TPSA) is 64.4 Å². The molecule has 2 rings (SSSR count). The van der Waals surface area contributed by atoms with E-state index in [1.807, 2.05) is 6.07 Å². The molecule has 0 heterocycles. The van der Waals surface area contributed by atoms with E-state index >= 15 is 0 Å². The lowest BCUT2D eigenvalue weighted by Gasteiger charge is -2.13. The highest BCUT2D eigenvalue weighted by Crippen LogP contribution is 2.31. The fraction of sp³-hybridized carbons (Fsp3) is 0.462. The number of nitrogens with two attached hydrogens (primary N) is 1. The van der Waals surface area contributed by atoms with Gasteiger partial charge < -0.3 is 15.8 Å². The first-order valence-corrected chi connectivity index (χ1v) is 6.04. The highest BCUT2D eigenvalue weighted by molar-refractivity contribution is 5.74. The number of halogens is 1. The van der Waals surface area contributed by atoms with Crippen molar-refractivity contribution >= 4 is 5.91 Å². The van der Waals surface area contributed by atoms with Crippen LogP contribution in [0.5, 0.6) is 0 Å². The third-order valence-corrected chi connectivity index (χ3v) is 3.06. The summed E-state index contributed by atoms with van der Waals surface area (Å²) in [5, 5.41) is 3.33. The Morgan fingerprint density at radius 3 is 3.17 bits per heavy atom. The molecule has 1 unspecified atom stereocenters. The molecule has 1 amide bonds. The van der Waals surface area contributed by atoms with Crippen LogP contribution in [-0.4, -0.2) is 25.7 Å². The van der Waals surface area contributed by atoms with E-state index in [-0.39, 0.29) is 18.5 Å². The van der Waals surface area contributed by atoms with Crippen LogP contribution in [0.3, 0.4) is 0 Å². The zero-order chi connectivity index (χ0) is 13.0. The van der Waals surface area contributed by atoms with Gasteiger partial charge in [-0.05, 0) is 36.1 Å². The summed E-state index contributed by atoms with van der Waals surface area (Å²) < 4.78 is 18.1. The van der Waals surface area contributed by atoms with Crippen molar-refractivity contribution in [2.45, 2.75) is 18.9 Å². The quantitative estimate of drug-likeness (QED) is 0.739. The van der Waals surface area contributed by atoms with Gasteiger partial charge in [0.1, 0.15) is 12.4 Å². The van der Waals surface area contributed by atoms with Gasteiger partial charge in [-0.15, -0.1) is 0 Å². The van der Waals surface area contributed by atoms with E-state index in [1.54, 1.807) is 6.07 Å². The van der Waals surface area contributed by atoms with Gasteiger partial charge in [0.2, 0.25) is 5.91 Å². The number of hydrogen-bond acceptors (Lipinski definition) is 3. The molecule has 0 bridgehead atoms. The van der Waals surface area contributed by atoms with Gasteiger partial charge >= 0.3 is 0 Å². The van der Waals surface area contributed by atoms with Crippen molar-refractivity contribution in [2.24, 2.45) is 5.73 Å². The van der Waals surface area contributed by atoms with Gasteiger partial charge in [0.25, 0.3) is 0 Å². The average molecular weight is 252 g/mol. The monoisotopic (exact) mass is 252 g/mol. The van der Waals surface area contributed by atoms with E-state index < -0.39 is 5.91 Å². The molecular weight excluding hydrogens is 235 g/mol. The fourth-order valence-electron chi connectivity index (χ4n) is 2.28. The number of fused-ring (bicyclic) bond motifs is 1. The summed E-state index contributed by atoms with van der Waals surface area (Å²) in [6, 6.07) is 5.17. The molecule has 0 saturated heterocycles. The molecule has 0 radical (unpaired) electrons. The number of amides is 1. The first-order chi connectivity index (χ1) is 8.66. The van der Waals surface area contributed by atoms with Crippen LogP contribution in [0, 0.1) is 5.82 Å². The smallest absolute Gasteiger partial charge is 0.243 e. The molecule has 0 aromatic heterocycles. The first kappa shape index (κ1) is 13.0. The summed E-state index contributed by atoms with van der Waals surface area (Å²) in [5.74, 6) is -0.643. The van der Waals surface area contributed by atoms with Gasteiger partial charge in [-0.3, -0.25) is 4.79 Å². The molecule has 1 atom stereocenters. The Labute approximate surface area is 105 Å². The predicted octanol–water partition coefficient (Wildman–Crippen LogP) is 0.904. The predicted molar refractivity (Wildman–Crippen MR) is 65.5 cm³/mol. The number of nitrogens with one attached hydrogen (secondary N) is 1. The second-order valence-electron chi connectivity index (χ2n) is 4.41. The standard InChI is InChI=1S/C13H17FN2O2/c14-10-2-3-11-9(7-10)1-4-12(11)16-5-6-18-8-13(15)17/h2-3,7,12,16H,1,4-6,8H2,(H2,15,17). The van der Waals surface area contributed by atoms with Crippen molar-refractivity contribution in [1.82, 2.24) is 5.32 Å². The Balaban J connectivity index is 1.78. The van der Waals surface area contributed by atoms with Crippen molar-refractivity contribution in [3.8, 4) is 0 Å². The Kier molecular flexibility index (Phi) is 4.28. The molecule has 0 fully saturated rings. The maximum Gasteiger partial charge on any atom is 0.243 e. The van der Waals surface area contributed by atoms with Crippen molar-refractivity contribution in [3.63, 3.8) is 0 Å². The normalized spacial score (nSPS) is 17.7. The second kappa shape index (κ2) is 5.93. The summed E-state index contributed by atoms with van der Waals surface area (Å²) in [6.45, 7) is 1.04. The van der Waals surface area contributed by atoms with Crippen LogP contribution in [0.4, 0.5) is 4.39 Å². The van der Waals surface area contributed by atoms with Gasteiger partial charge in [0.05, 0.1) is 6.61 Å². The molecule has 0 saturated carbocycles. The highest BCUT2D eigenvalue weighted by Gasteiger charge is 2.21. The molecule has 4 nitrogen and oxygen atoms in total. The zero-order valence-electron chi connectivity index (χ0n) is 10.1. The Hall–Kier alpha value is -1.46. The molecular formula is C13H17FN2O2. The number of rotatable bonds is 6. The largest absolute Gasteiger partial charge is 0.370 e.